The van der Waals surface area contributed by atoms with Gasteiger partial charge in [0, 0.05) is 31.1 Å². The fourth-order valence-corrected chi connectivity index (χ4v) is 2.51. The second-order valence-electron chi connectivity index (χ2n) is 5.26. The maximum absolute atomic E-state index is 12.0. The van der Waals surface area contributed by atoms with Crippen LogP contribution in [0.5, 0.6) is 0 Å². The highest BCUT2D eigenvalue weighted by Crippen LogP contribution is 2.24. The summed E-state index contributed by atoms with van der Waals surface area (Å²) in [6.45, 7) is 0.485. The standard InChI is InChI=1S/C15H21N3O2/c1-17-14(19)11-4-2-10(3-5-11)9-18-15(20)12-6-7-13(16)8-12/h2-5,12-13H,6-9,16H2,1H3,(H,17,19)(H,18,20). The Hall–Kier alpha value is -1.88. The summed E-state index contributed by atoms with van der Waals surface area (Å²) in [6.07, 6.45) is 2.59. The molecule has 20 heavy (non-hydrogen) atoms. The Morgan fingerprint density at radius 1 is 1.25 bits per heavy atom. The van der Waals surface area contributed by atoms with Crippen molar-refractivity contribution in [1.29, 1.82) is 0 Å². The Morgan fingerprint density at radius 2 is 1.95 bits per heavy atom. The van der Waals surface area contributed by atoms with Crippen molar-refractivity contribution in [3.05, 3.63) is 35.4 Å². The largest absolute Gasteiger partial charge is 0.355 e. The van der Waals surface area contributed by atoms with E-state index in [1.807, 2.05) is 12.1 Å². The van der Waals surface area contributed by atoms with Gasteiger partial charge in [-0.05, 0) is 37.0 Å². The van der Waals surface area contributed by atoms with Crippen LogP contribution in [0.1, 0.15) is 35.2 Å². The van der Waals surface area contributed by atoms with Crippen LogP contribution in [-0.2, 0) is 11.3 Å². The minimum Gasteiger partial charge on any atom is -0.355 e. The predicted molar refractivity (Wildman–Crippen MR) is 77.0 cm³/mol. The lowest BCUT2D eigenvalue weighted by atomic mass is 10.1. The topological polar surface area (TPSA) is 84.2 Å². The smallest absolute Gasteiger partial charge is 0.251 e. The molecule has 1 aliphatic rings. The van der Waals surface area contributed by atoms with E-state index in [-0.39, 0.29) is 23.8 Å². The second-order valence-corrected chi connectivity index (χ2v) is 5.26. The van der Waals surface area contributed by atoms with Gasteiger partial charge in [0.2, 0.25) is 5.91 Å². The van der Waals surface area contributed by atoms with Crippen LogP contribution in [0, 0.1) is 5.92 Å². The molecule has 5 heteroatoms. The van der Waals surface area contributed by atoms with Crippen molar-refractivity contribution in [2.24, 2.45) is 11.7 Å². The fourth-order valence-electron chi connectivity index (χ4n) is 2.51. The van der Waals surface area contributed by atoms with Gasteiger partial charge in [0.25, 0.3) is 5.91 Å². The number of nitrogens with one attached hydrogen (secondary N) is 2. The molecule has 2 atom stereocenters. The van der Waals surface area contributed by atoms with Crippen LogP contribution in [-0.4, -0.2) is 24.9 Å². The molecule has 1 aliphatic carbocycles. The summed E-state index contributed by atoms with van der Waals surface area (Å²) in [5.74, 6) is 0.0176. The average Bonchev–Trinajstić information content (AvgIpc) is 2.91. The fraction of sp³-hybridized carbons (Fsp3) is 0.467. The highest BCUT2D eigenvalue weighted by Gasteiger charge is 2.27. The molecule has 1 aromatic carbocycles. The summed E-state index contributed by atoms with van der Waals surface area (Å²) in [5, 5.41) is 5.50. The first-order valence-electron chi connectivity index (χ1n) is 6.94. The molecular formula is C15H21N3O2. The zero-order valence-corrected chi connectivity index (χ0v) is 11.7. The number of amides is 2. The quantitative estimate of drug-likeness (QED) is 0.759. The van der Waals surface area contributed by atoms with E-state index in [4.69, 9.17) is 5.73 Å². The molecule has 2 unspecified atom stereocenters. The Morgan fingerprint density at radius 3 is 2.50 bits per heavy atom. The number of hydrogen-bond donors (Lipinski definition) is 3. The van der Waals surface area contributed by atoms with Crippen LogP contribution in [0.4, 0.5) is 0 Å². The van der Waals surface area contributed by atoms with Crippen molar-refractivity contribution in [3.63, 3.8) is 0 Å². The molecule has 0 saturated heterocycles. The van der Waals surface area contributed by atoms with Crippen molar-refractivity contribution in [2.45, 2.75) is 31.8 Å². The summed E-state index contributed by atoms with van der Waals surface area (Å²) < 4.78 is 0. The number of benzene rings is 1. The third-order valence-electron chi connectivity index (χ3n) is 3.75. The summed E-state index contributed by atoms with van der Waals surface area (Å²) in [5.41, 5.74) is 7.41. The highest BCUT2D eigenvalue weighted by molar-refractivity contribution is 5.93. The molecule has 0 heterocycles. The molecule has 0 aliphatic heterocycles. The lowest BCUT2D eigenvalue weighted by Gasteiger charge is -2.11. The maximum Gasteiger partial charge on any atom is 0.251 e. The average molecular weight is 275 g/mol. The van der Waals surface area contributed by atoms with E-state index in [1.165, 1.54) is 0 Å². The van der Waals surface area contributed by atoms with Gasteiger partial charge < -0.3 is 16.4 Å². The van der Waals surface area contributed by atoms with Crippen molar-refractivity contribution < 1.29 is 9.59 Å². The van der Waals surface area contributed by atoms with Crippen LogP contribution in [0.15, 0.2) is 24.3 Å². The molecule has 0 bridgehead atoms. The highest BCUT2D eigenvalue weighted by atomic mass is 16.2. The third-order valence-corrected chi connectivity index (χ3v) is 3.75. The van der Waals surface area contributed by atoms with E-state index in [1.54, 1.807) is 19.2 Å². The van der Waals surface area contributed by atoms with Gasteiger partial charge in [-0.3, -0.25) is 9.59 Å². The normalized spacial score (nSPS) is 21.5. The molecule has 1 saturated carbocycles. The van der Waals surface area contributed by atoms with Gasteiger partial charge in [-0.1, -0.05) is 12.1 Å². The molecule has 108 valence electrons. The molecule has 1 fully saturated rings. The summed E-state index contributed by atoms with van der Waals surface area (Å²) in [7, 11) is 1.60. The Labute approximate surface area is 118 Å². The summed E-state index contributed by atoms with van der Waals surface area (Å²) in [6, 6.07) is 7.38. The van der Waals surface area contributed by atoms with E-state index in [0.29, 0.717) is 12.1 Å². The van der Waals surface area contributed by atoms with Crippen molar-refractivity contribution in [1.82, 2.24) is 10.6 Å². The second kappa shape index (κ2) is 6.52. The molecule has 1 aromatic rings. The van der Waals surface area contributed by atoms with Gasteiger partial charge in [0.15, 0.2) is 0 Å². The van der Waals surface area contributed by atoms with E-state index in [9.17, 15) is 9.59 Å². The van der Waals surface area contributed by atoms with Crippen molar-refractivity contribution in [2.75, 3.05) is 7.05 Å². The van der Waals surface area contributed by atoms with Gasteiger partial charge >= 0.3 is 0 Å². The molecule has 0 aromatic heterocycles. The number of carbonyl (C=O) groups is 2. The van der Waals surface area contributed by atoms with Gasteiger partial charge in [-0.15, -0.1) is 0 Å². The van der Waals surface area contributed by atoms with Crippen LogP contribution in [0.2, 0.25) is 0 Å². The lowest BCUT2D eigenvalue weighted by Crippen LogP contribution is -2.30. The van der Waals surface area contributed by atoms with Gasteiger partial charge in [-0.25, -0.2) is 0 Å². The van der Waals surface area contributed by atoms with Gasteiger partial charge in [-0.2, -0.15) is 0 Å². The van der Waals surface area contributed by atoms with Crippen molar-refractivity contribution >= 4 is 11.8 Å². The Balaban J connectivity index is 1.85. The molecule has 5 nitrogen and oxygen atoms in total. The molecule has 4 N–H and O–H groups in total. The van der Waals surface area contributed by atoms with E-state index in [0.717, 1.165) is 24.8 Å². The predicted octanol–water partition coefficient (Wildman–Crippen LogP) is 0.790. The maximum atomic E-state index is 12.0. The Kier molecular flexibility index (Phi) is 4.74. The molecule has 2 rings (SSSR count). The van der Waals surface area contributed by atoms with Crippen molar-refractivity contribution in [3.8, 4) is 0 Å². The molecular weight excluding hydrogens is 254 g/mol. The first kappa shape index (κ1) is 14.5. The first-order valence-corrected chi connectivity index (χ1v) is 6.94. The molecule has 0 radical (unpaired) electrons. The molecule has 2 amide bonds. The van der Waals surface area contributed by atoms with E-state index >= 15 is 0 Å². The number of carbonyl (C=O) groups excluding carboxylic acids is 2. The number of nitrogens with two attached hydrogens (primary N) is 1. The van der Waals surface area contributed by atoms with Crippen LogP contribution >= 0.6 is 0 Å². The minimum atomic E-state index is -0.111. The monoisotopic (exact) mass is 275 g/mol. The Bertz CT molecular complexity index is 484. The lowest BCUT2D eigenvalue weighted by molar-refractivity contribution is -0.125. The first-order chi connectivity index (χ1) is 9.60. The summed E-state index contributed by atoms with van der Waals surface area (Å²) in [4.78, 5) is 23.4. The van der Waals surface area contributed by atoms with Crippen LogP contribution < -0.4 is 16.4 Å². The van der Waals surface area contributed by atoms with E-state index in [2.05, 4.69) is 10.6 Å². The molecule has 0 spiro atoms. The van der Waals surface area contributed by atoms with Gasteiger partial charge in [0.1, 0.15) is 0 Å². The third kappa shape index (κ3) is 3.57. The van der Waals surface area contributed by atoms with Gasteiger partial charge in [0.05, 0.1) is 0 Å². The van der Waals surface area contributed by atoms with E-state index < -0.39 is 0 Å². The number of hydrogen-bond acceptors (Lipinski definition) is 3. The SMILES string of the molecule is CNC(=O)c1ccc(CNC(=O)C2CCC(N)C2)cc1. The number of rotatable bonds is 4. The zero-order chi connectivity index (χ0) is 14.5. The minimum absolute atomic E-state index is 0.0511. The zero-order valence-electron chi connectivity index (χ0n) is 11.7. The van der Waals surface area contributed by atoms with Crippen LogP contribution in [0.25, 0.3) is 0 Å². The van der Waals surface area contributed by atoms with Crippen LogP contribution in [0.3, 0.4) is 0 Å². The summed E-state index contributed by atoms with van der Waals surface area (Å²) >= 11 is 0.